The molecule has 14 heavy (non-hydrogen) atoms. The number of fused-ring (bicyclic) bond motifs is 1. The molecule has 0 spiro atoms. The highest BCUT2D eigenvalue weighted by molar-refractivity contribution is 5.94. The van der Waals surface area contributed by atoms with Gasteiger partial charge >= 0.3 is 5.97 Å². The lowest BCUT2D eigenvalue weighted by molar-refractivity contribution is -0.127. The number of phenols is 1. The minimum Gasteiger partial charge on any atom is -0.508 e. The van der Waals surface area contributed by atoms with Gasteiger partial charge in [0.15, 0.2) is 0 Å². The second kappa shape index (κ2) is 2.64. The Labute approximate surface area is 81.1 Å². The molecule has 0 amide bonds. The number of carbonyl (C=O) groups excluding carboxylic acids is 1. The summed E-state index contributed by atoms with van der Waals surface area (Å²) >= 11 is 0. The van der Waals surface area contributed by atoms with E-state index in [1.165, 1.54) is 12.1 Å². The molecule has 0 aliphatic carbocycles. The van der Waals surface area contributed by atoms with Crippen LogP contribution in [0.25, 0.3) is 0 Å². The molecule has 0 fully saturated rings. The van der Waals surface area contributed by atoms with E-state index in [2.05, 4.69) is 0 Å². The lowest BCUT2D eigenvalue weighted by Gasteiger charge is -2.31. The predicted octanol–water partition coefficient (Wildman–Crippen LogP) is 1.68. The highest BCUT2D eigenvalue weighted by atomic mass is 16.7. The molecule has 0 saturated carbocycles. The molecule has 0 unspecified atom stereocenters. The van der Waals surface area contributed by atoms with Gasteiger partial charge in [-0.1, -0.05) is 0 Å². The molecular weight excluding hydrogens is 184 g/mol. The fourth-order valence-corrected chi connectivity index (χ4v) is 1.33. The Morgan fingerprint density at radius 1 is 1.29 bits per heavy atom. The van der Waals surface area contributed by atoms with Crippen molar-refractivity contribution in [1.82, 2.24) is 0 Å². The largest absolute Gasteiger partial charge is 0.508 e. The molecule has 0 saturated heterocycles. The Balaban J connectivity index is 2.50. The van der Waals surface area contributed by atoms with E-state index in [0.717, 1.165) is 0 Å². The maximum atomic E-state index is 11.4. The van der Waals surface area contributed by atoms with Gasteiger partial charge in [0.25, 0.3) is 0 Å². The van der Waals surface area contributed by atoms with Crippen LogP contribution in [0.4, 0.5) is 0 Å². The van der Waals surface area contributed by atoms with Gasteiger partial charge in [0.05, 0.1) is 0 Å². The van der Waals surface area contributed by atoms with Crippen LogP contribution >= 0.6 is 0 Å². The van der Waals surface area contributed by atoms with Crippen LogP contribution in [-0.2, 0) is 4.74 Å². The van der Waals surface area contributed by atoms with Crippen LogP contribution in [0, 0.1) is 0 Å². The normalized spacial score (nSPS) is 18.0. The number of cyclic esters (lactones) is 1. The van der Waals surface area contributed by atoms with Gasteiger partial charge in [-0.25, -0.2) is 4.79 Å². The molecule has 0 radical (unpaired) electrons. The number of carbonyl (C=O) groups is 1. The Morgan fingerprint density at radius 3 is 2.71 bits per heavy atom. The summed E-state index contributed by atoms with van der Waals surface area (Å²) in [6.07, 6.45) is 0. The number of ether oxygens (including phenoxy) is 2. The van der Waals surface area contributed by atoms with E-state index >= 15 is 0 Å². The molecule has 2 rings (SSSR count). The molecule has 0 aromatic heterocycles. The van der Waals surface area contributed by atoms with E-state index in [4.69, 9.17) is 9.47 Å². The quantitative estimate of drug-likeness (QED) is 0.638. The van der Waals surface area contributed by atoms with Crippen LogP contribution in [0.1, 0.15) is 24.2 Å². The van der Waals surface area contributed by atoms with E-state index < -0.39 is 11.8 Å². The summed E-state index contributed by atoms with van der Waals surface area (Å²) in [4.78, 5) is 11.4. The third kappa shape index (κ3) is 1.39. The third-order valence-electron chi connectivity index (χ3n) is 1.88. The summed E-state index contributed by atoms with van der Waals surface area (Å²) in [7, 11) is 0. The molecule has 1 aromatic rings. The number of esters is 1. The van der Waals surface area contributed by atoms with Gasteiger partial charge in [0, 0.05) is 13.8 Å². The topological polar surface area (TPSA) is 55.8 Å². The first kappa shape index (κ1) is 8.87. The number of phenolic OH excluding ortho intramolecular Hbond substituents is 1. The van der Waals surface area contributed by atoms with Gasteiger partial charge in [-0.2, -0.15) is 0 Å². The van der Waals surface area contributed by atoms with Crippen LogP contribution in [0.5, 0.6) is 11.5 Å². The minimum atomic E-state index is -0.943. The van der Waals surface area contributed by atoms with Crippen LogP contribution in [0.2, 0.25) is 0 Å². The van der Waals surface area contributed by atoms with Crippen molar-refractivity contribution < 1.29 is 19.4 Å². The van der Waals surface area contributed by atoms with E-state index in [9.17, 15) is 9.90 Å². The number of hydrogen-bond acceptors (Lipinski definition) is 4. The standard InChI is InChI=1S/C10H10O4/c1-10(2)13-8-4-3-6(11)5-7(8)9(12)14-10/h3-5,11H,1-2H3. The zero-order valence-corrected chi connectivity index (χ0v) is 7.90. The Morgan fingerprint density at radius 2 is 2.00 bits per heavy atom. The van der Waals surface area contributed by atoms with Crippen molar-refractivity contribution in [2.24, 2.45) is 0 Å². The fraction of sp³-hybridized carbons (Fsp3) is 0.300. The van der Waals surface area contributed by atoms with E-state index in [0.29, 0.717) is 5.75 Å². The molecule has 74 valence electrons. The van der Waals surface area contributed by atoms with Gasteiger partial charge in [0.2, 0.25) is 5.79 Å². The third-order valence-corrected chi connectivity index (χ3v) is 1.88. The van der Waals surface area contributed by atoms with Gasteiger partial charge in [0.1, 0.15) is 17.1 Å². The summed E-state index contributed by atoms with van der Waals surface area (Å²) in [5, 5.41) is 9.17. The SMILES string of the molecule is CC1(C)OC(=O)c2cc(O)ccc2O1. The first-order valence-corrected chi connectivity index (χ1v) is 4.23. The summed E-state index contributed by atoms with van der Waals surface area (Å²) in [6, 6.07) is 4.34. The minimum absolute atomic E-state index is 0.0176. The van der Waals surface area contributed by atoms with Gasteiger partial charge < -0.3 is 14.6 Å². The molecule has 4 heteroatoms. The second-order valence-corrected chi connectivity index (χ2v) is 3.57. The molecule has 1 aliphatic rings. The first-order valence-electron chi connectivity index (χ1n) is 4.23. The first-order chi connectivity index (χ1) is 6.48. The van der Waals surface area contributed by atoms with Crippen molar-refractivity contribution in [3.63, 3.8) is 0 Å². The van der Waals surface area contributed by atoms with Crippen molar-refractivity contribution >= 4 is 5.97 Å². The van der Waals surface area contributed by atoms with Crippen LogP contribution in [0.15, 0.2) is 18.2 Å². The van der Waals surface area contributed by atoms with Crippen molar-refractivity contribution in [3.8, 4) is 11.5 Å². The lowest BCUT2D eigenvalue weighted by Crippen LogP contribution is -2.38. The zero-order chi connectivity index (χ0) is 10.3. The molecule has 4 nitrogen and oxygen atoms in total. The highest BCUT2D eigenvalue weighted by Crippen LogP contribution is 2.32. The van der Waals surface area contributed by atoms with Crippen molar-refractivity contribution in [1.29, 1.82) is 0 Å². The number of hydrogen-bond donors (Lipinski definition) is 1. The van der Waals surface area contributed by atoms with Crippen molar-refractivity contribution in [2.45, 2.75) is 19.6 Å². The van der Waals surface area contributed by atoms with Crippen LogP contribution in [0.3, 0.4) is 0 Å². The van der Waals surface area contributed by atoms with E-state index in [1.54, 1.807) is 19.9 Å². The molecule has 1 heterocycles. The van der Waals surface area contributed by atoms with Crippen LogP contribution in [-0.4, -0.2) is 16.9 Å². The molecule has 0 atom stereocenters. The fourth-order valence-electron chi connectivity index (χ4n) is 1.33. The van der Waals surface area contributed by atoms with Crippen molar-refractivity contribution in [2.75, 3.05) is 0 Å². The van der Waals surface area contributed by atoms with E-state index in [-0.39, 0.29) is 11.3 Å². The molecule has 1 aromatic carbocycles. The average molecular weight is 194 g/mol. The molecule has 1 aliphatic heterocycles. The smallest absolute Gasteiger partial charge is 0.345 e. The van der Waals surface area contributed by atoms with Crippen LogP contribution < -0.4 is 4.74 Å². The number of benzene rings is 1. The number of rotatable bonds is 0. The summed E-state index contributed by atoms with van der Waals surface area (Å²) in [6.45, 7) is 3.31. The number of aromatic hydroxyl groups is 1. The predicted molar refractivity (Wildman–Crippen MR) is 48.2 cm³/mol. The lowest BCUT2D eigenvalue weighted by atomic mass is 10.1. The van der Waals surface area contributed by atoms with Crippen molar-refractivity contribution in [3.05, 3.63) is 23.8 Å². The molecule has 0 bridgehead atoms. The van der Waals surface area contributed by atoms with Gasteiger partial charge in [-0.3, -0.25) is 0 Å². The molecule has 1 N–H and O–H groups in total. The summed E-state index contributed by atoms with van der Waals surface area (Å²) in [5.41, 5.74) is 0.254. The maximum Gasteiger partial charge on any atom is 0.345 e. The van der Waals surface area contributed by atoms with E-state index in [1.807, 2.05) is 0 Å². The van der Waals surface area contributed by atoms with Gasteiger partial charge in [-0.15, -0.1) is 0 Å². The maximum absolute atomic E-state index is 11.4. The highest BCUT2D eigenvalue weighted by Gasteiger charge is 2.33. The Kier molecular flexibility index (Phi) is 1.67. The Hall–Kier alpha value is -1.71. The molecular formula is C10H10O4. The van der Waals surface area contributed by atoms with Gasteiger partial charge in [-0.05, 0) is 18.2 Å². The monoisotopic (exact) mass is 194 g/mol. The average Bonchev–Trinajstić information content (AvgIpc) is 2.05. The zero-order valence-electron chi connectivity index (χ0n) is 7.90. The second-order valence-electron chi connectivity index (χ2n) is 3.57. The Bertz CT molecular complexity index is 395. The summed E-state index contributed by atoms with van der Waals surface area (Å²) in [5.74, 6) is -0.971. The summed E-state index contributed by atoms with van der Waals surface area (Å²) < 4.78 is 10.4.